The minimum absolute atomic E-state index is 0.723. The highest BCUT2D eigenvalue weighted by atomic mass is 32.1. The summed E-state index contributed by atoms with van der Waals surface area (Å²) in [7, 11) is 5.40. The van der Waals surface area contributed by atoms with Crippen molar-refractivity contribution in [1.29, 1.82) is 0 Å². The lowest BCUT2D eigenvalue weighted by atomic mass is 10.1. The van der Waals surface area contributed by atoms with Gasteiger partial charge >= 0.3 is 0 Å². The van der Waals surface area contributed by atoms with Crippen molar-refractivity contribution in [3.8, 4) is 11.5 Å². The van der Waals surface area contributed by atoms with Crippen LogP contribution in [0.3, 0.4) is 0 Å². The maximum atomic E-state index is 5.37. The largest absolute Gasteiger partial charge is 0.493 e. The summed E-state index contributed by atoms with van der Waals surface area (Å²) >= 11 is 1.80. The third kappa shape index (κ3) is 5.95. The fourth-order valence-electron chi connectivity index (χ4n) is 2.64. The molecular formula is C20H29N3O2S. The number of methoxy groups -OCH3 is 2. The van der Waals surface area contributed by atoms with Crippen molar-refractivity contribution in [3.05, 3.63) is 46.2 Å². The number of thiophene rings is 1. The van der Waals surface area contributed by atoms with Crippen molar-refractivity contribution in [1.82, 2.24) is 10.2 Å². The molecule has 0 bridgehead atoms. The Morgan fingerprint density at radius 1 is 1.15 bits per heavy atom. The predicted octanol–water partition coefficient (Wildman–Crippen LogP) is 3.45. The lowest BCUT2D eigenvalue weighted by Gasteiger charge is -2.21. The molecule has 2 rings (SSSR count). The van der Waals surface area contributed by atoms with E-state index in [1.165, 1.54) is 10.4 Å². The molecule has 0 aliphatic heterocycles. The van der Waals surface area contributed by atoms with Crippen LogP contribution < -0.4 is 14.8 Å². The van der Waals surface area contributed by atoms with Crippen LogP contribution in [0.1, 0.15) is 17.4 Å². The summed E-state index contributed by atoms with van der Waals surface area (Å²) in [5.41, 5.74) is 1.18. The van der Waals surface area contributed by atoms with Crippen LogP contribution in [0.15, 0.2) is 40.7 Å². The Bertz CT molecular complexity index is 686. The first-order chi connectivity index (χ1) is 12.7. The number of benzene rings is 1. The Balaban J connectivity index is 1.93. The van der Waals surface area contributed by atoms with Crippen LogP contribution in [0, 0.1) is 0 Å². The van der Waals surface area contributed by atoms with Crippen molar-refractivity contribution in [3.63, 3.8) is 0 Å². The molecule has 0 spiro atoms. The van der Waals surface area contributed by atoms with Gasteiger partial charge in [-0.05, 0) is 48.9 Å². The average Bonchev–Trinajstić information content (AvgIpc) is 3.18. The molecule has 6 heteroatoms. The van der Waals surface area contributed by atoms with Crippen LogP contribution in [-0.4, -0.2) is 51.8 Å². The van der Waals surface area contributed by atoms with Gasteiger partial charge in [0.15, 0.2) is 17.5 Å². The summed E-state index contributed by atoms with van der Waals surface area (Å²) < 4.78 is 10.7. The number of rotatable bonds is 9. The summed E-state index contributed by atoms with van der Waals surface area (Å²) in [5.74, 6) is 2.46. The third-order valence-electron chi connectivity index (χ3n) is 4.08. The topological polar surface area (TPSA) is 46.1 Å². The lowest BCUT2D eigenvalue weighted by molar-refractivity contribution is 0.354. The van der Waals surface area contributed by atoms with E-state index in [-0.39, 0.29) is 0 Å². The normalized spacial score (nSPS) is 11.3. The van der Waals surface area contributed by atoms with E-state index >= 15 is 0 Å². The molecule has 0 amide bonds. The van der Waals surface area contributed by atoms with Crippen molar-refractivity contribution in [2.45, 2.75) is 19.8 Å². The average molecular weight is 376 g/mol. The molecule has 1 aromatic carbocycles. The summed E-state index contributed by atoms with van der Waals surface area (Å²) in [6.07, 6.45) is 1.89. The predicted molar refractivity (Wildman–Crippen MR) is 110 cm³/mol. The Hall–Kier alpha value is -2.21. The highest BCUT2D eigenvalue weighted by molar-refractivity contribution is 7.09. The van der Waals surface area contributed by atoms with Crippen LogP contribution in [-0.2, 0) is 12.8 Å². The van der Waals surface area contributed by atoms with Gasteiger partial charge in [0.05, 0.1) is 14.2 Å². The molecular weight excluding hydrogens is 346 g/mol. The first kappa shape index (κ1) is 20.1. The van der Waals surface area contributed by atoms with Crippen LogP contribution in [0.4, 0.5) is 0 Å². The van der Waals surface area contributed by atoms with Gasteiger partial charge in [0, 0.05) is 31.6 Å². The maximum Gasteiger partial charge on any atom is 0.193 e. The van der Waals surface area contributed by atoms with Gasteiger partial charge in [-0.1, -0.05) is 12.1 Å². The molecule has 142 valence electrons. The lowest BCUT2D eigenvalue weighted by Crippen LogP contribution is -2.40. The zero-order chi connectivity index (χ0) is 18.8. The number of hydrogen-bond acceptors (Lipinski definition) is 4. The van der Waals surface area contributed by atoms with Gasteiger partial charge in [-0.25, -0.2) is 0 Å². The zero-order valence-electron chi connectivity index (χ0n) is 16.1. The molecule has 5 nitrogen and oxygen atoms in total. The second-order valence-electron chi connectivity index (χ2n) is 5.93. The molecule has 0 radical (unpaired) electrons. The van der Waals surface area contributed by atoms with Crippen molar-refractivity contribution < 1.29 is 9.47 Å². The van der Waals surface area contributed by atoms with Crippen LogP contribution in [0.2, 0.25) is 0 Å². The van der Waals surface area contributed by atoms with E-state index in [0.29, 0.717) is 0 Å². The zero-order valence-corrected chi connectivity index (χ0v) is 16.9. The summed E-state index contributed by atoms with van der Waals surface area (Å²) in [4.78, 5) is 8.36. The number of ether oxygens (including phenoxy) is 2. The molecule has 1 heterocycles. The fraction of sp³-hybridized carbons (Fsp3) is 0.450. The number of nitrogens with one attached hydrogen (secondary N) is 1. The van der Waals surface area contributed by atoms with E-state index in [1.54, 1.807) is 25.6 Å². The SMILES string of the molecule is CCNC(=NCCc1ccc(OC)c(OC)c1)N(C)CCc1cccs1. The Labute approximate surface area is 160 Å². The number of likely N-dealkylation sites (N-methyl/N-ethyl adjacent to an activating group) is 1. The molecule has 0 saturated carbocycles. The fourth-order valence-corrected chi connectivity index (χ4v) is 3.33. The van der Waals surface area contributed by atoms with Gasteiger partial charge in [0.2, 0.25) is 0 Å². The number of nitrogens with zero attached hydrogens (tertiary/aromatic N) is 2. The first-order valence-electron chi connectivity index (χ1n) is 8.90. The van der Waals surface area contributed by atoms with Crippen molar-refractivity contribution >= 4 is 17.3 Å². The van der Waals surface area contributed by atoms with Gasteiger partial charge in [-0.2, -0.15) is 0 Å². The highest BCUT2D eigenvalue weighted by Crippen LogP contribution is 2.27. The number of hydrogen-bond donors (Lipinski definition) is 1. The summed E-state index contributed by atoms with van der Waals surface area (Å²) in [6.45, 7) is 4.62. The summed E-state index contributed by atoms with van der Waals surface area (Å²) in [5, 5.41) is 5.50. The minimum atomic E-state index is 0.723. The second kappa shape index (κ2) is 10.7. The van der Waals surface area contributed by atoms with Gasteiger partial charge in [-0.3, -0.25) is 4.99 Å². The van der Waals surface area contributed by atoms with Crippen LogP contribution in [0.25, 0.3) is 0 Å². The first-order valence-corrected chi connectivity index (χ1v) is 9.78. The highest BCUT2D eigenvalue weighted by Gasteiger charge is 2.07. The van der Waals surface area contributed by atoms with Gasteiger partial charge in [0.25, 0.3) is 0 Å². The Morgan fingerprint density at radius 3 is 2.62 bits per heavy atom. The minimum Gasteiger partial charge on any atom is -0.493 e. The monoisotopic (exact) mass is 375 g/mol. The van der Waals surface area contributed by atoms with Gasteiger partial charge in [-0.15, -0.1) is 11.3 Å². The molecule has 0 saturated heterocycles. The molecule has 2 aromatic rings. The molecule has 0 unspecified atom stereocenters. The third-order valence-corrected chi connectivity index (χ3v) is 5.02. The molecule has 1 N–H and O–H groups in total. The molecule has 0 aliphatic carbocycles. The van der Waals surface area contributed by atoms with Crippen LogP contribution >= 0.6 is 11.3 Å². The van der Waals surface area contributed by atoms with E-state index in [1.807, 2.05) is 12.1 Å². The molecule has 0 fully saturated rings. The van der Waals surface area contributed by atoms with E-state index in [2.05, 4.69) is 47.8 Å². The van der Waals surface area contributed by atoms with E-state index < -0.39 is 0 Å². The van der Waals surface area contributed by atoms with Gasteiger partial charge in [0.1, 0.15) is 0 Å². The summed E-state index contributed by atoms with van der Waals surface area (Å²) in [6, 6.07) is 10.3. The van der Waals surface area contributed by atoms with Gasteiger partial charge < -0.3 is 19.7 Å². The number of aliphatic imine (C=N–C) groups is 1. The molecule has 26 heavy (non-hydrogen) atoms. The molecule has 0 aliphatic rings. The second-order valence-corrected chi connectivity index (χ2v) is 6.96. The quantitative estimate of drug-likeness (QED) is 0.539. The smallest absolute Gasteiger partial charge is 0.193 e. The maximum absolute atomic E-state index is 5.37. The number of guanidine groups is 1. The molecule has 0 atom stereocenters. The Morgan fingerprint density at radius 2 is 1.96 bits per heavy atom. The van der Waals surface area contributed by atoms with E-state index in [0.717, 1.165) is 49.9 Å². The standard InChI is InChI=1S/C20H29N3O2S/c1-5-21-20(23(2)13-11-17-7-6-14-26-17)22-12-10-16-8-9-18(24-3)19(15-16)25-4/h6-9,14-15H,5,10-13H2,1-4H3,(H,21,22). The van der Waals surface area contributed by atoms with E-state index in [4.69, 9.17) is 14.5 Å². The molecule has 1 aromatic heterocycles. The van der Waals surface area contributed by atoms with E-state index in [9.17, 15) is 0 Å². The Kier molecular flexibility index (Phi) is 8.28. The van der Waals surface area contributed by atoms with Crippen LogP contribution in [0.5, 0.6) is 11.5 Å². The van der Waals surface area contributed by atoms with Crippen molar-refractivity contribution in [2.24, 2.45) is 4.99 Å². The van der Waals surface area contributed by atoms with Crippen molar-refractivity contribution in [2.75, 3.05) is 40.9 Å².